The lowest BCUT2D eigenvalue weighted by atomic mass is 10.1. The summed E-state index contributed by atoms with van der Waals surface area (Å²) in [6, 6.07) is 9.39. The fraction of sp³-hybridized carbons (Fsp3) is 0.150. The van der Waals surface area contributed by atoms with Gasteiger partial charge in [0, 0.05) is 5.38 Å². The van der Waals surface area contributed by atoms with E-state index in [4.69, 9.17) is 13.7 Å². The highest BCUT2D eigenvalue weighted by atomic mass is 32.2. The maximum absolute atomic E-state index is 12.6. The molecule has 0 radical (unpaired) electrons. The van der Waals surface area contributed by atoms with Crippen LogP contribution in [-0.2, 0) is 27.9 Å². The van der Waals surface area contributed by atoms with Crippen molar-refractivity contribution in [2.75, 3.05) is 0 Å². The maximum atomic E-state index is 12.6. The van der Waals surface area contributed by atoms with Crippen molar-refractivity contribution < 1.29 is 26.9 Å². The number of hydrogen-bond acceptors (Lipinski definition) is 9. The Hall–Kier alpha value is -3.28. The molecule has 0 spiro atoms. The van der Waals surface area contributed by atoms with Crippen molar-refractivity contribution in [1.82, 2.24) is 14.9 Å². The molecule has 0 aliphatic carbocycles. The zero-order valence-electron chi connectivity index (χ0n) is 16.3. The standard InChI is InChI=1S/C20H17N3O6S2/c1-13-4-5-16(31(25,26)21-10-15-3-2-7-27-15)9-17(13)20(24)28-11-18-22-19(29-23-18)14-6-8-30-12-14/h2-9,12,21H,10-11H2,1H3. The van der Waals surface area contributed by atoms with E-state index >= 15 is 0 Å². The largest absolute Gasteiger partial charge is 0.468 e. The van der Waals surface area contributed by atoms with E-state index in [1.807, 2.05) is 16.8 Å². The molecule has 0 saturated carbocycles. The molecule has 0 saturated heterocycles. The first kappa shape index (κ1) is 21.0. The normalized spacial score (nSPS) is 11.5. The van der Waals surface area contributed by atoms with Gasteiger partial charge in [0.25, 0.3) is 5.89 Å². The summed E-state index contributed by atoms with van der Waals surface area (Å²) >= 11 is 1.49. The van der Waals surface area contributed by atoms with E-state index in [0.717, 1.165) is 5.56 Å². The first-order valence-corrected chi connectivity index (χ1v) is 11.5. The van der Waals surface area contributed by atoms with Gasteiger partial charge in [-0.1, -0.05) is 11.2 Å². The van der Waals surface area contributed by atoms with Crippen LogP contribution in [0, 0.1) is 6.92 Å². The Morgan fingerprint density at radius 2 is 2.13 bits per heavy atom. The lowest BCUT2D eigenvalue weighted by Crippen LogP contribution is -2.23. The van der Waals surface area contributed by atoms with Crippen molar-refractivity contribution in [1.29, 1.82) is 0 Å². The Labute approximate surface area is 181 Å². The minimum Gasteiger partial charge on any atom is -0.468 e. The summed E-state index contributed by atoms with van der Waals surface area (Å²) < 4.78 is 43.1. The number of hydrogen-bond donors (Lipinski definition) is 1. The van der Waals surface area contributed by atoms with E-state index in [9.17, 15) is 13.2 Å². The van der Waals surface area contributed by atoms with E-state index in [1.54, 1.807) is 25.1 Å². The second kappa shape index (κ2) is 8.84. The number of carbonyl (C=O) groups is 1. The number of aromatic nitrogens is 2. The molecule has 11 heteroatoms. The average molecular weight is 460 g/mol. The Balaban J connectivity index is 1.44. The molecule has 0 aliphatic heterocycles. The summed E-state index contributed by atoms with van der Waals surface area (Å²) in [5, 5.41) is 7.53. The highest BCUT2D eigenvalue weighted by Crippen LogP contribution is 2.21. The third-order valence-corrected chi connectivity index (χ3v) is 6.41. The van der Waals surface area contributed by atoms with Gasteiger partial charge in [0.15, 0.2) is 6.61 Å². The van der Waals surface area contributed by atoms with Crippen LogP contribution in [0.3, 0.4) is 0 Å². The number of carbonyl (C=O) groups excluding carboxylic acids is 1. The summed E-state index contributed by atoms with van der Waals surface area (Å²) in [4.78, 5) is 16.7. The van der Waals surface area contributed by atoms with E-state index < -0.39 is 16.0 Å². The van der Waals surface area contributed by atoms with Crippen molar-refractivity contribution in [3.05, 3.63) is 76.1 Å². The van der Waals surface area contributed by atoms with Crippen LogP contribution >= 0.6 is 11.3 Å². The number of sulfonamides is 1. The van der Waals surface area contributed by atoms with Gasteiger partial charge in [-0.2, -0.15) is 16.3 Å². The number of nitrogens with one attached hydrogen (secondary N) is 1. The summed E-state index contributed by atoms with van der Waals surface area (Å²) in [6.07, 6.45) is 1.46. The van der Waals surface area contributed by atoms with E-state index in [2.05, 4.69) is 14.9 Å². The topological polar surface area (TPSA) is 125 Å². The van der Waals surface area contributed by atoms with Crippen molar-refractivity contribution in [2.24, 2.45) is 0 Å². The first-order chi connectivity index (χ1) is 14.9. The molecule has 9 nitrogen and oxygen atoms in total. The number of rotatable bonds is 8. The smallest absolute Gasteiger partial charge is 0.338 e. The van der Waals surface area contributed by atoms with Crippen molar-refractivity contribution >= 4 is 27.3 Å². The first-order valence-electron chi connectivity index (χ1n) is 9.07. The Morgan fingerprint density at radius 3 is 2.87 bits per heavy atom. The van der Waals surface area contributed by atoms with Gasteiger partial charge in [0.2, 0.25) is 15.8 Å². The van der Waals surface area contributed by atoms with Crippen LogP contribution in [0.4, 0.5) is 0 Å². The van der Waals surface area contributed by atoms with Crippen LogP contribution < -0.4 is 4.72 Å². The molecular weight excluding hydrogens is 442 g/mol. The SMILES string of the molecule is Cc1ccc(S(=O)(=O)NCc2ccco2)cc1C(=O)OCc1noc(-c2ccsc2)n1. The summed E-state index contributed by atoms with van der Waals surface area (Å²) in [5.74, 6) is 0.315. The highest BCUT2D eigenvalue weighted by molar-refractivity contribution is 7.89. The molecule has 0 bridgehead atoms. The number of aryl methyl sites for hydroxylation is 1. The van der Waals surface area contributed by atoms with Gasteiger partial charge >= 0.3 is 5.97 Å². The van der Waals surface area contributed by atoms with E-state index in [1.165, 1.54) is 29.7 Å². The van der Waals surface area contributed by atoms with Crippen LogP contribution in [0.15, 0.2) is 67.3 Å². The summed E-state index contributed by atoms with van der Waals surface area (Å²) in [6.45, 7) is 1.47. The second-order valence-electron chi connectivity index (χ2n) is 6.48. The zero-order chi connectivity index (χ0) is 21.8. The minimum atomic E-state index is -3.85. The number of esters is 1. The molecule has 160 valence electrons. The van der Waals surface area contributed by atoms with Crippen LogP contribution in [0.25, 0.3) is 11.5 Å². The number of thiophene rings is 1. The fourth-order valence-electron chi connectivity index (χ4n) is 2.67. The summed E-state index contributed by atoms with van der Waals surface area (Å²) in [5.41, 5.74) is 1.48. The number of nitrogens with zero attached hydrogens (tertiary/aromatic N) is 2. The van der Waals surface area contributed by atoms with Crippen LogP contribution in [0.5, 0.6) is 0 Å². The van der Waals surface area contributed by atoms with Crippen LogP contribution in [-0.4, -0.2) is 24.5 Å². The van der Waals surface area contributed by atoms with Gasteiger partial charge in [-0.05, 0) is 48.2 Å². The monoisotopic (exact) mass is 459 g/mol. The lowest BCUT2D eigenvalue weighted by Gasteiger charge is -2.10. The van der Waals surface area contributed by atoms with Crippen LogP contribution in [0.2, 0.25) is 0 Å². The number of benzene rings is 1. The number of furan rings is 1. The van der Waals surface area contributed by atoms with Gasteiger partial charge in [-0.15, -0.1) is 0 Å². The molecule has 3 heterocycles. The molecule has 4 aromatic rings. The van der Waals surface area contributed by atoms with Gasteiger partial charge in [0.1, 0.15) is 5.76 Å². The van der Waals surface area contributed by atoms with Gasteiger partial charge in [-0.25, -0.2) is 17.9 Å². The molecule has 0 unspecified atom stereocenters. The molecule has 0 fully saturated rings. The van der Waals surface area contributed by atoms with E-state index in [-0.39, 0.29) is 29.4 Å². The van der Waals surface area contributed by atoms with Crippen molar-refractivity contribution in [3.8, 4) is 11.5 Å². The zero-order valence-corrected chi connectivity index (χ0v) is 17.9. The molecule has 1 N–H and O–H groups in total. The third-order valence-electron chi connectivity index (χ3n) is 4.32. The number of ether oxygens (including phenoxy) is 1. The fourth-order valence-corrected chi connectivity index (χ4v) is 4.32. The molecular formula is C20H17N3O6S2. The Kier molecular flexibility index (Phi) is 5.98. The van der Waals surface area contributed by atoms with Crippen molar-refractivity contribution in [2.45, 2.75) is 25.0 Å². The van der Waals surface area contributed by atoms with Crippen LogP contribution in [0.1, 0.15) is 27.5 Å². The van der Waals surface area contributed by atoms with Gasteiger partial charge in [-0.3, -0.25) is 0 Å². The maximum Gasteiger partial charge on any atom is 0.338 e. The predicted molar refractivity (Wildman–Crippen MR) is 111 cm³/mol. The minimum absolute atomic E-state index is 0.00667. The van der Waals surface area contributed by atoms with E-state index in [0.29, 0.717) is 17.2 Å². The average Bonchev–Trinajstić information content (AvgIpc) is 3.53. The third kappa shape index (κ3) is 4.90. The van der Waals surface area contributed by atoms with Gasteiger partial charge < -0.3 is 13.7 Å². The molecule has 0 amide bonds. The highest BCUT2D eigenvalue weighted by Gasteiger charge is 2.20. The molecule has 1 aromatic carbocycles. The molecule has 31 heavy (non-hydrogen) atoms. The molecule has 0 atom stereocenters. The van der Waals surface area contributed by atoms with Gasteiger partial charge in [0.05, 0.1) is 28.8 Å². The molecule has 4 rings (SSSR count). The molecule has 3 aromatic heterocycles. The Bertz CT molecular complexity index is 1280. The van der Waals surface area contributed by atoms with Crippen molar-refractivity contribution in [3.63, 3.8) is 0 Å². The second-order valence-corrected chi connectivity index (χ2v) is 9.03. The Morgan fingerprint density at radius 1 is 1.26 bits per heavy atom. The predicted octanol–water partition coefficient (Wildman–Crippen LogP) is 3.54. The quantitative estimate of drug-likeness (QED) is 0.397. The summed E-state index contributed by atoms with van der Waals surface area (Å²) in [7, 11) is -3.85. The lowest BCUT2D eigenvalue weighted by molar-refractivity contribution is 0.0458. The molecule has 0 aliphatic rings.